The van der Waals surface area contributed by atoms with Gasteiger partial charge in [-0.15, -0.1) is 0 Å². The van der Waals surface area contributed by atoms with Crippen LogP contribution in [-0.2, 0) is 11.2 Å². The van der Waals surface area contributed by atoms with Crippen LogP contribution in [0.2, 0.25) is 0 Å². The van der Waals surface area contributed by atoms with Crippen LogP contribution in [0.4, 0.5) is 20.2 Å². The molecule has 2 N–H and O–H groups in total. The number of aromatic nitrogens is 2. The average molecular weight is 448 g/mol. The highest BCUT2D eigenvalue weighted by atomic mass is 19.1. The van der Waals surface area contributed by atoms with Gasteiger partial charge in [0.2, 0.25) is 5.91 Å². The van der Waals surface area contributed by atoms with Crippen LogP contribution in [0.3, 0.4) is 0 Å². The third kappa shape index (κ3) is 5.45. The molecule has 0 unspecified atom stereocenters. The lowest BCUT2D eigenvalue weighted by Gasteiger charge is -2.08. The van der Waals surface area contributed by atoms with Gasteiger partial charge in [-0.2, -0.15) is 0 Å². The Morgan fingerprint density at radius 2 is 1.64 bits per heavy atom. The molecule has 0 spiro atoms. The van der Waals surface area contributed by atoms with Crippen molar-refractivity contribution in [2.45, 2.75) is 12.8 Å². The highest BCUT2D eigenvalue weighted by molar-refractivity contribution is 6.04. The lowest BCUT2D eigenvalue weighted by Crippen LogP contribution is -2.14. The van der Waals surface area contributed by atoms with Crippen LogP contribution in [0.5, 0.6) is 0 Å². The quantitative estimate of drug-likeness (QED) is 0.422. The Morgan fingerprint density at radius 1 is 0.909 bits per heavy atom. The Bertz CT molecular complexity index is 1270. The van der Waals surface area contributed by atoms with Gasteiger partial charge in [-0.1, -0.05) is 12.1 Å². The van der Waals surface area contributed by atoms with E-state index in [4.69, 9.17) is 4.42 Å². The van der Waals surface area contributed by atoms with Gasteiger partial charge in [-0.05, 0) is 42.5 Å². The highest BCUT2D eigenvalue weighted by Crippen LogP contribution is 2.27. The van der Waals surface area contributed by atoms with Crippen LogP contribution in [0.1, 0.15) is 22.7 Å². The van der Waals surface area contributed by atoms with Crippen LogP contribution in [-0.4, -0.2) is 21.8 Å². The number of benzene rings is 2. The third-order valence-corrected chi connectivity index (χ3v) is 4.66. The predicted molar refractivity (Wildman–Crippen MR) is 117 cm³/mol. The first-order chi connectivity index (χ1) is 16.0. The average Bonchev–Trinajstić information content (AvgIpc) is 3.27. The molecule has 2 aromatic heterocycles. The van der Waals surface area contributed by atoms with Crippen LogP contribution in [0, 0.1) is 11.6 Å². The van der Waals surface area contributed by atoms with E-state index >= 15 is 0 Å². The Hall–Kier alpha value is -4.40. The number of carbonyl (C=O) groups is 2. The van der Waals surface area contributed by atoms with Crippen molar-refractivity contribution in [1.82, 2.24) is 9.97 Å². The predicted octanol–water partition coefficient (Wildman–Crippen LogP) is 4.84. The summed E-state index contributed by atoms with van der Waals surface area (Å²) in [6.07, 6.45) is 4.42. The second-order valence-corrected chi connectivity index (χ2v) is 7.04. The normalized spacial score (nSPS) is 10.6. The lowest BCUT2D eigenvalue weighted by molar-refractivity contribution is -0.116. The summed E-state index contributed by atoms with van der Waals surface area (Å²) in [5, 5.41) is 5.47. The molecular weight excluding hydrogens is 430 g/mol. The minimum Gasteiger partial charge on any atom is -0.441 e. The molecule has 0 bridgehead atoms. The van der Waals surface area contributed by atoms with Crippen molar-refractivity contribution in [2.75, 3.05) is 10.6 Å². The zero-order chi connectivity index (χ0) is 23.2. The van der Waals surface area contributed by atoms with Crippen molar-refractivity contribution < 1.29 is 22.8 Å². The molecule has 0 fully saturated rings. The van der Waals surface area contributed by atoms with Gasteiger partial charge >= 0.3 is 0 Å². The SMILES string of the molecule is O=C(CCc1ncc(-c2c(F)cccc2F)o1)Nc1cccc(NC(=O)c2cccnc2)c1. The standard InChI is InChI=1S/C24H18F2N4O3/c25-18-7-2-8-19(26)23(18)20-14-28-22(33-20)10-9-21(31)29-16-5-1-6-17(12-16)30-24(32)15-4-3-11-27-13-15/h1-8,11-14H,9-10H2,(H,29,31)(H,30,32). The van der Waals surface area contributed by atoms with Gasteiger partial charge in [0.15, 0.2) is 11.7 Å². The van der Waals surface area contributed by atoms with E-state index in [0.717, 1.165) is 12.1 Å². The van der Waals surface area contributed by atoms with Gasteiger partial charge in [0.05, 0.1) is 17.3 Å². The third-order valence-electron chi connectivity index (χ3n) is 4.66. The molecule has 2 heterocycles. The minimum absolute atomic E-state index is 0.0337. The highest BCUT2D eigenvalue weighted by Gasteiger charge is 2.16. The van der Waals surface area contributed by atoms with E-state index in [1.807, 2.05) is 0 Å². The molecule has 33 heavy (non-hydrogen) atoms. The molecule has 0 aliphatic carbocycles. The summed E-state index contributed by atoms with van der Waals surface area (Å²) in [6, 6.07) is 13.5. The van der Waals surface area contributed by atoms with Crippen LogP contribution >= 0.6 is 0 Å². The molecule has 0 aliphatic heterocycles. The second kappa shape index (κ2) is 9.82. The molecule has 4 aromatic rings. The number of rotatable bonds is 7. The monoisotopic (exact) mass is 448 g/mol. The minimum atomic E-state index is -0.758. The number of anilines is 2. The van der Waals surface area contributed by atoms with Crippen LogP contribution < -0.4 is 10.6 Å². The maximum atomic E-state index is 13.9. The number of nitrogens with one attached hydrogen (secondary N) is 2. The number of halogens is 2. The molecule has 7 nitrogen and oxygen atoms in total. The molecule has 0 saturated heterocycles. The van der Waals surface area contributed by atoms with E-state index in [0.29, 0.717) is 16.9 Å². The number of oxazole rings is 1. The first kappa shape index (κ1) is 21.8. The number of nitrogens with zero attached hydrogens (tertiary/aromatic N) is 2. The van der Waals surface area contributed by atoms with Gasteiger partial charge in [0.25, 0.3) is 5.91 Å². The summed E-state index contributed by atoms with van der Waals surface area (Å²) in [5.41, 5.74) is 1.11. The molecule has 4 rings (SSSR count). The smallest absolute Gasteiger partial charge is 0.257 e. The molecular formula is C24H18F2N4O3. The van der Waals surface area contributed by atoms with Crippen molar-refractivity contribution in [3.63, 3.8) is 0 Å². The van der Waals surface area contributed by atoms with Gasteiger partial charge in [-0.25, -0.2) is 13.8 Å². The maximum Gasteiger partial charge on any atom is 0.257 e. The first-order valence-electron chi connectivity index (χ1n) is 10.00. The zero-order valence-corrected chi connectivity index (χ0v) is 17.2. The molecule has 166 valence electrons. The Labute approximate surface area is 187 Å². The zero-order valence-electron chi connectivity index (χ0n) is 17.2. The Balaban J connectivity index is 1.34. The lowest BCUT2D eigenvalue weighted by atomic mass is 10.1. The van der Waals surface area contributed by atoms with Gasteiger partial charge < -0.3 is 15.1 Å². The van der Waals surface area contributed by atoms with E-state index in [2.05, 4.69) is 20.6 Å². The van der Waals surface area contributed by atoms with Crippen molar-refractivity contribution in [1.29, 1.82) is 0 Å². The van der Waals surface area contributed by atoms with Gasteiger partial charge in [0.1, 0.15) is 11.6 Å². The van der Waals surface area contributed by atoms with Gasteiger partial charge in [0, 0.05) is 36.6 Å². The Morgan fingerprint density at radius 3 is 2.36 bits per heavy atom. The summed E-state index contributed by atoms with van der Waals surface area (Å²) >= 11 is 0. The molecule has 2 amide bonds. The molecule has 0 aliphatic rings. The molecule has 9 heteroatoms. The summed E-state index contributed by atoms with van der Waals surface area (Å²) in [4.78, 5) is 32.5. The van der Waals surface area contributed by atoms with E-state index < -0.39 is 11.6 Å². The van der Waals surface area contributed by atoms with E-state index in [-0.39, 0.29) is 41.9 Å². The molecule has 2 aromatic carbocycles. The fourth-order valence-corrected chi connectivity index (χ4v) is 3.09. The van der Waals surface area contributed by atoms with E-state index in [9.17, 15) is 18.4 Å². The number of hydrogen-bond donors (Lipinski definition) is 2. The molecule has 0 saturated carbocycles. The summed E-state index contributed by atoms with van der Waals surface area (Å²) in [7, 11) is 0. The number of hydrogen-bond acceptors (Lipinski definition) is 5. The fraction of sp³-hybridized carbons (Fsp3) is 0.0833. The Kier molecular flexibility index (Phi) is 6.49. The van der Waals surface area contributed by atoms with E-state index in [1.54, 1.807) is 42.6 Å². The summed E-state index contributed by atoms with van der Waals surface area (Å²) < 4.78 is 33.2. The largest absolute Gasteiger partial charge is 0.441 e. The fourth-order valence-electron chi connectivity index (χ4n) is 3.09. The van der Waals surface area contributed by atoms with E-state index in [1.165, 1.54) is 18.5 Å². The van der Waals surface area contributed by atoms with Crippen molar-refractivity contribution in [2.24, 2.45) is 0 Å². The number of amides is 2. The number of carbonyl (C=O) groups excluding carboxylic acids is 2. The summed E-state index contributed by atoms with van der Waals surface area (Å²) in [6.45, 7) is 0. The van der Waals surface area contributed by atoms with Crippen molar-refractivity contribution in [3.05, 3.63) is 96.3 Å². The number of aryl methyl sites for hydroxylation is 1. The maximum absolute atomic E-state index is 13.9. The molecule has 0 atom stereocenters. The van der Waals surface area contributed by atoms with Crippen molar-refractivity contribution >= 4 is 23.2 Å². The topological polar surface area (TPSA) is 97.1 Å². The van der Waals surface area contributed by atoms with Crippen LogP contribution in [0.15, 0.2) is 77.6 Å². The van der Waals surface area contributed by atoms with Gasteiger partial charge in [-0.3, -0.25) is 14.6 Å². The van der Waals surface area contributed by atoms with Crippen LogP contribution in [0.25, 0.3) is 11.3 Å². The summed E-state index contributed by atoms with van der Waals surface area (Å²) in [5.74, 6) is -2.02. The van der Waals surface area contributed by atoms with Crippen molar-refractivity contribution in [3.8, 4) is 11.3 Å². The number of pyridine rings is 1. The first-order valence-corrected chi connectivity index (χ1v) is 10.00. The second-order valence-electron chi connectivity index (χ2n) is 7.04. The molecule has 0 radical (unpaired) electrons.